The average Bonchev–Trinajstić information content (AvgIpc) is 2.62. The molecule has 29 heavy (non-hydrogen) atoms. The zero-order valence-corrected chi connectivity index (χ0v) is 19.0. The summed E-state index contributed by atoms with van der Waals surface area (Å²) in [6, 6.07) is 6.55. The van der Waals surface area contributed by atoms with Gasteiger partial charge in [-0.1, -0.05) is 0 Å². The number of carbonyl (C=O) groups excluding carboxylic acids is 2. The highest BCUT2D eigenvalue weighted by Gasteiger charge is 2.31. The summed E-state index contributed by atoms with van der Waals surface area (Å²) in [5, 5.41) is 8.42. The summed E-state index contributed by atoms with van der Waals surface area (Å²) in [6.07, 6.45) is 3.12. The zero-order chi connectivity index (χ0) is 21.8. The molecule has 8 nitrogen and oxygen atoms in total. The second kappa shape index (κ2) is 13.0. The van der Waals surface area contributed by atoms with Crippen LogP contribution in [-0.2, 0) is 30.3 Å². The van der Waals surface area contributed by atoms with Gasteiger partial charge in [0.25, 0.3) is 0 Å². The fraction of sp³-hybridized carbons (Fsp3) is 0.316. The van der Waals surface area contributed by atoms with E-state index in [2.05, 4.69) is 41.8 Å². The lowest BCUT2D eigenvalue weighted by molar-refractivity contribution is -0.157. The molecule has 0 aliphatic heterocycles. The van der Waals surface area contributed by atoms with Crippen LogP contribution in [0.5, 0.6) is 0 Å². The molecule has 0 unspecified atom stereocenters. The third-order valence-electron chi connectivity index (χ3n) is 3.27. The Kier molecular flexibility index (Phi) is 11.1. The van der Waals surface area contributed by atoms with E-state index in [9.17, 15) is 14.4 Å². The number of ether oxygens (including phenoxy) is 2. The standard InChI is InChI=1S/C12H14BrNO4.C7H6BrNO2/c1-3-17-11(15)10(12(16)18-4-2)8-5-6-14-9(13)7-8;8-6-3-5(1-2-9-6)4-7(10)11/h5-7,10H,3-4H2,1-2H3;1-3H,4H2,(H,10,11). The van der Waals surface area contributed by atoms with E-state index >= 15 is 0 Å². The second-order valence-corrected chi connectivity index (χ2v) is 7.03. The predicted octanol–water partition coefficient (Wildman–Crippen LogP) is 3.53. The van der Waals surface area contributed by atoms with Gasteiger partial charge in [-0.15, -0.1) is 0 Å². The van der Waals surface area contributed by atoms with E-state index < -0.39 is 23.8 Å². The lowest BCUT2D eigenvalue weighted by atomic mass is 10.0. The van der Waals surface area contributed by atoms with Gasteiger partial charge in [0.2, 0.25) is 0 Å². The first-order valence-electron chi connectivity index (χ1n) is 8.55. The number of hydrogen-bond donors (Lipinski definition) is 1. The number of pyridine rings is 2. The van der Waals surface area contributed by atoms with Gasteiger partial charge in [0.1, 0.15) is 9.21 Å². The summed E-state index contributed by atoms with van der Waals surface area (Å²) in [4.78, 5) is 41.7. The van der Waals surface area contributed by atoms with Gasteiger partial charge in [-0.25, -0.2) is 9.97 Å². The van der Waals surface area contributed by atoms with Crippen LogP contribution in [0.15, 0.2) is 45.9 Å². The number of carboxylic acid groups (broad SMARTS) is 1. The van der Waals surface area contributed by atoms with Crippen molar-refractivity contribution in [2.45, 2.75) is 26.2 Å². The van der Waals surface area contributed by atoms with Gasteiger partial charge in [-0.3, -0.25) is 14.4 Å². The molecule has 10 heteroatoms. The number of aromatic nitrogens is 2. The van der Waals surface area contributed by atoms with E-state index in [1.165, 1.54) is 6.20 Å². The van der Waals surface area contributed by atoms with Crippen LogP contribution in [0.2, 0.25) is 0 Å². The van der Waals surface area contributed by atoms with Crippen molar-refractivity contribution < 1.29 is 29.0 Å². The summed E-state index contributed by atoms with van der Waals surface area (Å²) < 4.78 is 11.0. The van der Waals surface area contributed by atoms with Crippen LogP contribution in [0.4, 0.5) is 0 Å². The third kappa shape index (κ3) is 9.14. The van der Waals surface area contributed by atoms with Crippen LogP contribution in [0, 0.1) is 0 Å². The highest BCUT2D eigenvalue weighted by atomic mass is 79.9. The van der Waals surface area contributed by atoms with E-state index in [1.807, 2.05) is 0 Å². The molecule has 2 rings (SSSR count). The van der Waals surface area contributed by atoms with Gasteiger partial charge in [0, 0.05) is 12.4 Å². The number of aliphatic carboxylic acids is 1. The molecule has 2 aromatic rings. The molecule has 2 aromatic heterocycles. The molecule has 0 spiro atoms. The van der Waals surface area contributed by atoms with Crippen molar-refractivity contribution in [2.75, 3.05) is 13.2 Å². The number of hydrogen-bond acceptors (Lipinski definition) is 7. The molecule has 0 amide bonds. The number of rotatable bonds is 7. The fourth-order valence-electron chi connectivity index (χ4n) is 2.14. The predicted molar refractivity (Wildman–Crippen MR) is 111 cm³/mol. The van der Waals surface area contributed by atoms with Crippen molar-refractivity contribution >= 4 is 49.8 Å². The summed E-state index contributed by atoms with van der Waals surface area (Å²) in [5.74, 6) is -3.13. The minimum atomic E-state index is -1.07. The van der Waals surface area contributed by atoms with Crippen molar-refractivity contribution in [1.29, 1.82) is 0 Å². The van der Waals surface area contributed by atoms with E-state index in [0.29, 0.717) is 14.8 Å². The zero-order valence-electron chi connectivity index (χ0n) is 15.8. The maximum absolute atomic E-state index is 11.8. The lowest BCUT2D eigenvalue weighted by Crippen LogP contribution is -2.26. The number of halogens is 2. The molecule has 0 saturated heterocycles. The Morgan fingerprint density at radius 2 is 1.48 bits per heavy atom. The number of nitrogens with zero attached hydrogens (tertiary/aromatic N) is 2. The van der Waals surface area contributed by atoms with Gasteiger partial charge in [-0.2, -0.15) is 0 Å². The van der Waals surface area contributed by atoms with Crippen LogP contribution >= 0.6 is 31.9 Å². The van der Waals surface area contributed by atoms with Crippen molar-refractivity contribution in [3.8, 4) is 0 Å². The lowest BCUT2D eigenvalue weighted by Gasteiger charge is -2.14. The van der Waals surface area contributed by atoms with E-state index in [4.69, 9.17) is 14.6 Å². The van der Waals surface area contributed by atoms with Crippen molar-refractivity contribution in [1.82, 2.24) is 9.97 Å². The van der Waals surface area contributed by atoms with Gasteiger partial charge >= 0.3 is 17.9 Å². The molecule has 0 saturated carbocycles. The van der Waals surface area contributed by atoms with Gasteiger partial charge < -0.3 is 14.6 Å². The first kappa shape index (κ1) is 24.7. The molecule has 1 N–H and O–H groups in total. The van der Waals surface area contributed by atoms with Gasteiger partial charge in [-0.05, 0) is 81.1 Å². The van der Waals surface area contributed by atoms with Crippen molar-refractivity contribution in [2.24, 2.45) is 0 Å². The van der Waals surface area contributed by atoms with Crippen LogP contribution < -0.4 is 0 Å². The van der Waals surface area contributed by atoms with Crippen molar-refractivity contribution in [3.05, 3.63) is 57.0 Å². The molecular weight excluding hydrogens is 512 g/mol. The molecule has 2 heterocycles. The molecule has 0 aliphatic carbocycles. The topological polar surface area (TPSA) is 116 Å². The Bertz CT molecular complexity index is 829. The molecule has 0 aromatic carbocycles. The molecule has 0 atom stereocenters. The smallest absolute Gasteiger partial charge is 0.324 e. The van der Waals surface area contributed by atoms with E-state index in [0.717, 1.165) is 5.56 Å². The van der Waals surface area contributed by atoms with Crippen LogP contribution in [0.1, 0.15) is 30.9 Å². The minimum absolute atomic E-state index is 0.0428. The first-order chi connectivity index (χ1) is 13.8. The molecular formula is C19H20Br2N2O6. The van der Waals surface area contributed by atoms with E-state index in [-0.39, 0.29) is 19.6 Å². The van der Waals surface area contributed by atoms with E-state index in [1.54, 1.807) is 44.3 Å². The monoisotopic (exact) mass is 530 g/mol. The number of carbonyl (C=O) groups is 3. The minimum Gasteiger partial charge on any atom is -0.481 e. The maximum atomic E-state index is 11.8. The largest absolute Gasteiger partial charge is 0.481 e. The Morgan fingerprint density at radius 1 is 0.966 bits per heavy atom. The quantitative estimate of drug-likeness (QED) is 0.327. The van der Waals surface area contributed by atoms with Gasteiger partial charge in [0.05, 0.1) is 19.6 Å². The number of carboxylic acids is 1. The summed E-state index contributed by atoms with van der Waals surface area (Å²) in [5.41, 5.74) is 1.24. The van der Waals surface area contributed by atoms with Crippen LogP contribution in [-0.4, -0.2) is 46.2 Å². The molecule has 0 aliphatic rings. The van der Waals surface area contributed by atoms with Crippen LogP contribution in [0.25, 0.3) is 0 Å². The molecule has 0 fully saturated rings. The average molecular weight is 532 g/mol. The summed E-state index contributed by atoms with van der Waals surface area (Å²) in [6.45, 7) is 3.78. The maximum Gasteiger partial charge on any atom is 0.324 e. The highest BCUT2D eigenvalue weighted by Crippen LogP contribution is 2.21. The van der Waals surface area contributed by atoms with Gasteiger partial charge in [0.15, 0.2) is 5.92 Å². The number of esters is 2. The molecule has 0 radical (unpaired) electrons. The normalized spacial score (nSPS) is 9.97. The Morgan fingerprint density at radius 3 is 1.93 bits per heavy atom. The summed E-state index contributed by atoms with van der Waals surface area (Å²) >= 11 is 6.34. The SMILES string of the molecule is CCOC(=O)C(C(=O)OCC)c1ccnc(Br)c1.O=C(O)Cc1ccnc(Br)c1. The molecule has 156 valence electrons. The second-order valence-electron chi connectivity index (χ2n) is 5.41. The molecule has 0 bridgehead atoms. The highest BCUT2D eigenvalue weighted by molar-refractivity contribution is 9.10. The Hall–Kier alpha value is -2.33. The first-order valence-corrected chi connectivity index (χ1v) is 10.1. The Labute approximate surface area is 184 Å². The summed E-state index contributed by atoms with van der Waals surface area (Å²) in [7, 11) is 0. The van der Waals surface area contributed by atoms with Crippen LogP contribution in [0.3, 0.4) is 0 Å². The van der Waals surface area contributed by atoms with Crippen molar-refractivity contribution in [3.63, 3.8) is 0 Å². The fourth-order valence-corrected chi connectivity index (χ4v) is 2.94. The third-order valence-corrected chi connectivity index (χ3v) is 4.14. The Balaban J connectivity index is 0.000000326.